The number of anilines is 1. The summed E-state index contributed by atoms with van der Waals surface area (Å²) in [5.41, 5.74) is 1.14. The molecule has 0 radical (unpaired) electrons. The fourth-order valence-corrected chi connectivity index (χ4v) is 2.38. The van der Waals surface area contributed by atoms with Crippen molar-refractivity contribution >= 4 is 17.0 Å². The van der Waals surface area contributed by atoms with E-state index in [0.29, 0.717) is 0 Å². The predicted octanol–water partition coefficient (Wildman–Crippen LogP) is 3.81. The van der Waals surface area contributed by atoms with Crippen molar-refractivity contribution in [2.24, 2.45) is 0 Å². The zero-order chi connectivity index (χ0) is 12.6. The zero-order valence-electron chi connectivity index (χ0n) is 10.6. The minimum Gasteiger partial charge on any atom is -0.382 e. The lowest BCUT2D eigenvalue weighted by atomic mass is 10.3. The topological polar surface area (TPSA) is 21.3 Å². The van der Waals surface area contributed by atoms with Crippen LogP contribution in [-0.2, 0) is 11.2 Å². The molecule has 3 heteroatoms. The second-order valence-electron chi connectivity index (χ2n) is 4.26. The maximum Gasteiger partial charge on any atom is 0.0719 e. The van der Waals surface area contributed by atoms with Crippen LogP contribution in [0.5, 0.6) is 0 Å². The molecule has 0 spiro atoms. The van der Waals surface area contributed by atoms with Crippen LogP contribution in [0.25, 0.3) is 0 Å². The normalized spacial score (nSPS) is 12.3. The first-order valence-electron chi connectivity index (χ1n) is 6.27. The Morgan fingerprint density at radius 1 is 1.17 bits per heavy atom. The van der Waals surface area contributed by atoms with E-state index in [1.807, 2.05) is 18.2 Å². The Hall–Kier alpha value is -1.32. The second kappa shape index (κ2) is 7.19. The third-order valence-corrected chi connectivity index (χ3v) is 3.63. The summed E-state index contributed by atoms with van der Waals surface area (Å²) in [5.74, 6) is 0. The van der Waals surface area contributed by atoms with E-state index in [9.17, 15) is 0 Å². The Morgan fingerprint density at radius 3 is 2.72 bits per heavy atom. The van der Waals surface area contributed by atoms with Gasteiger partial charge in [-0.2, -0.15) is 0 Å². The van der Waals surface area contributed by atoms with Crippen LogP contribution in [0.1, 0.15) is 11.8 Å². The van der Waals surface area contributed by atoms with Crippen molar-refractivity contribution in [2.45, 2.75) is 19.4 Å². The lowest BCUT2D eigenvalue weighted by Gasteiger charge is -2.14. The van der Waals surface area contributed by atoms with E-state index in [2.05, 4.69) is 41.9 Å². The molecule has 2 aromatic rings. The predicted molar refractivity (Wildman–Crippen MR) is 78.4 cm³/mol. The van der Waals surface area contributed by atoms with Crippen molar-refractivity contribution in [1.29, 1.82) is 0 Å². The van der Waals surface area contributed by atoms with Gasteiger partial charge in [0.25, 0.3) is 0 Å². The van der Waals surface area contributed by atoms with Crippen LogP contribution < -0.4 is 5.32 Å². The lowest BCUT2D eigenvalue weighted by Crippen LogP contribution is -2.20. The summed E-state index contributed by atoms with van der Waals surface area (Å²) in [6.45, 7) is 3.73. The van der Waals surface area contributed by atoms with Gasteiger partial charge in [0.1, 0.15) is 0 Å². The molecule has 0 aliphatic carbocycles. The third kappa shape index (κ3) is 4.51. The number of rotatable bonds is 7. The highest BCUT2D eigenvalue weighted by Gasteiger charge is 2.02. The van der Waals surface area contributed by atoms with Gasteiger partial charge < -0.3 is 10.1 Å². The molecule has 1 N–H and O–H groups in total. The van der Waals surface area contributed by atoms with Crippen LogP contribution in [0.3, 0.4) is 0 Å². The molecule has 1 atom stereocenters. The molecule has 96 valence electrons. The van der Waals surface area contributed by atoms with E-state index in [4.69, 9.17) is 4.74 Å². The first-order chi connectivity index (χ1) is 8.84. The zero-order valence-corrected chi connectivity index (χ0v) is 11.5. The fourth-order valence-electron chi connectivity index (χ4n) is 1.69. The van der Waals surface area contributed by atoms with E-state index in [-0.39, 0.29) is 6.10 Å². The molecule has 1 unspecified atom stereocenters. The van der Waals surface area contributed by atoms with Crippen molar-refractivity contribution in [3.63, 3.8) is 0 Å². The van der Waals surface area contributed by atoms with Crippen molar-refractivity contribution in [3.8, 4) is 0 Å². The summed E-state index contributed by atoms with van der Waals surface area (Å²) in [5, 5.41) is 5.47. The number of thiophene rings is 1. The Balaban J connectivity index is 1.62. The Morgan fingerprint density at radius 2 is 2.00 bits per heavy atom. The van der Waals surface area contributed by atoms with Crippen molar-refractivity contribution in [3.05, 3.63) is 52.7 Å². The molecule has 2 rings (SSSR count). The molecule has 0 fully saturated rings. The molecule has 1 heterocycles. The molecule has 1 aromatic heterocycles. The van der Waals surface area contributed by atoms with Crippen molar-refractivity contribution in [1.82, 2.24) is 0 Å². The summed E-state index contributed by atoms with van der Waals surface area (Å²) in [4.78, 5) is 1.39. The number of para-hydroxylation sites is 1. The molecule has 1 aromatic carbocycles. The van der Waals surface area contributed by atoms with E-state index in [1.54, 1.807) is 11.3 Å². The highest BCUT2D eigenvalue weighted by Crippen LogP contribution is 2.10. The summed E-state index contributed by atoms with van der Waals surface area (Å²) in [6.07, 6.45) is 1.23. The van der Waals surface area contributed by atoms with Crippen LogP contribution in [0, 0.1) is 0 Å². The minimum atomic E-state index is 0.227. The Kier molecular flexibility index (Phi) is 5.24. The van der Waals surface area contributed by atoms with Gasteiger partial charge in [-0.25, -0.2) is 0 Å². The number of hydrogen-bond acceptors (Lipinski definition) is 3. The quantitative estimate of drug-likeness (QED) is 0.818. The maximum absolute atomic E-state index is 5.78. The van der Waals surface area contributed by atoms with Crippen LogP contribution in [0.4, 0.5) is 5.69 Å². The fraction of sp³-hybridized carbons (Fsp3) is 0.333. The molecule has 2 nitrogen and oxygen atoms in total. The second-order valence-corrected chi connectivity index (χ2v) is 5.29. The van der Waals surface area contributed by atoms with Gasteiger partial charge in [0.15, 0.2) is 0 Å². The summed E-state index contributed by atoms with van der Waals surface area (Å²) in [7, 11) is 0. The molecule has 0 aliphatic rings. The third-order valence-electron chi connectivity index (χ3n) is 2.70. The number of nitrogens with one attached hydrogen (secondary N) is 1. The van der Waals surface area contributed by atoms with Gasteiger partial charge in [0.05, 0.1) is 12.7 Å². The average molecular weight is 261 g/mol. The molecule has 0 aliphatic heterocycles. The average Bonchev–Trinajstić information content (AvgIpc) is 2.91. The molecule has 0 saturated heterocycles. The highest BCUT2D eigenvalue weighted by atomic mass is 32.1. The van der Waals surface area contributed by atoms with Gasteiger partial charge in [0.2, 0.25) is 0 Å². The van der Waals surface area contributed by atoms with Crippen LogP contribution in [-0.4, -0.2) is 19.3 Å². The SMILES string of the molecule is CC(CNc1ccccc1)OCCc1cccs1. The smallest absolute Gasteiger partial charge is 0.0719 e. The molecular formula is C15H19NOS. The summed E-state index contributed by atoms with van der Waals surface area (Å²) in [6, 6.07) is 14.5. The van der Waals surface area contributed by atoms with Crippen LogP contribution in [0.2, 0.25) is 0 Å². The van der Waals surface area contributed by atoms with Gasteiger partial charge in [-0.05, 0) is 30.5 Å². The number of hydrogen-bond donors (Lipinski definition) is 1. The van der Waals surface area contributed by atoms with E-state index >= 15 is 0 Å². The molecular weight excluding hydrogens is 242 g/mol. The van der Waals surface area contributed by atoms with Crippen molar-refractivity contribution in [2.75, 3.05) is 18.5 Å². The van der Waals surface area contributed by atoms with Gasteiger partial charge in [-0.1, -0.05) is 24.3 Å². The van der Waals surface area contributed by atoms with Crippen molar-refractivity contribution < 1.29 is 4.74 Å². The molecule has 0 amide bonds. The van der Waals surface area contributed by atoms with Gasteiger partial charge in [0, 0.05) is 23.5 Å². The Labute approximate surface area is 113 Å². The standard InChI is InChI=1S/C15H19NOS/c1-13(12-16-14-6-3-2-4-7-14)17-10-9-15-8-5-11-18-15/h2-8,11,13,16H,9-10,12H2,1H3. The van der Waals surface area contributed by atoms with Crippen LogP contribution >= 0.6 is 11.3 Å². The van der Waals surface area contributed by atoms with E-state index in [0.717, 1.165) is 25.3 Å². The minimum absolute atomic E-state index is 0.227. The first kappa shape index (κ1) is 13.1. The largest absolute Gasteiger partial charge is 0.382 e. The first-order valence-corrected chi connectivity index (χ1v) is 7.15. The summed E-state index contributed by atoms with van der Waals surface area (Å²) < 4.78 is 5.78. The van der Waals surface area contributed by atoms with E-state index < -0.39 is 0 Å². The number of benzene rings is 1. The van der Waals surface area contributed by atoms with Crippen LogP contribution in [0.15, 0.2) is 47.8 Å². The monoisotopic (exact) mass is 261 g/mol. The van der Waals surface area contributed by atoms with Gasteiger partial charge >= 0.3 is 0 Å². The maximum atomic E-state index is 5.78. The van der Waals surface area contributed by atoms with Gasteiger partial charge in [-0.3, -0.25) is 0 Å². The molecule has 18 heavy (non-hydrogen) atoms. The van der Waals surface area contributed by atoms with E-state index in [1.165, 1.54) is 4.88 Å². The van der Waals surface area contributed by atoms with Gasteiger partial charge in [-0.15, -0.1) is 11.3 Å². The highest BCUT2D eigenvalue weighted by molar-refractivity contribution is 7.09. The number of ether oxygens (including phenoxy) is 1. The molecule has 0 saturated carbocycles. The summed E-state index contributed by atoms with van der Waals surface area (Å²) >= 11 is 1.79. The molecule has 0 bridgehead atoms. The Bertz CT molecular complexity index is 427. The lowest BCUT2D eigenvalue weighted by molar-refractivity contribution is 0.0775.